The number of carbonyl (C=O) groups is 1. The summed E-state index contributed by atoms with van der Waals surface area (Å²) in [7, 11) is -3.49. The Morgan fingerprint density at radius 1 is 0.935 bits per heavy atom. The lowest BCUT2D eigenvalue weighted by Gasteiger charge is -2.20. The fourth-order valence-corrected chi connectivity index (χ4v) is 5.23. The quantitative estimate of drug-likeness (QED) is 0.644. The van der Waals surface area contributed by atoms with Crippen molar-refractivity contribution in [3.63, 3.8) is 0 Å². The van der Waals surface area contributed by atoms with E-state index in [1.165, 1.54) is 0 Å². The van der Waals surface area contributed by atoms with Crippen LogP contribution in [0.5, 0.6) is 0 Å². The Labute approximate surface area is 190 Å². The standard InChI is InChI=1S/C23H29N3O3S2/c1-17(2)18-7-9-19(10-8-18)22(27)25-23(30)24-20-11-13-21(14-12-20)31(28,29)26-15-5-3-4-6-16-26/h7-14,17H,3-6,15-16H2,1-2H3,(H2,24,25,27,30). The van der Waals surface area contributed by atoms with Gasteiger partial charge >= 0.3 is 0 Å². The average molecular weight is 460 g/mol. The molecule has 0 atom stereocenters. The van der Waals surface area contributed by atoms with Gasteiger partial charge in [0.15, 0.2) is 5.11 Å². The minimum absolute atomic E-state index is 0.154. The largest absolute Gasteiger partial charge is 0.332 e. The summed E-state index contributed by atoms with van der Waals surface area (Å²) in [4.78, 5) is 12.7. The van der Waals surface area contributed by atoms with E-state index in [1.54, 1.807) is 40.7 Å². The fraction of sp³-hybridized carbons (Fsp3) is 0.391. The maximum Gasteiger partial charge on any atom is 0.257 e. The van der Waals surface area contributed by atoms with Gasteiger partial charge in [0.05, 0.1) is 4.90 Å². The molecule has 0 radical (unpaired) electrons. The molecule has 0 saturated carbocycles. The molecule has 2 aromatic rings. The lowest BCUT2D eigenvalue weighted by atomic mass is 10.0. The third-order valence-corrected chi connectivity index (χ3v) is 7.50. The third kappa shape index (κ3) is 6.12. The van der Waals surface area contributed by atoms with E-state index in [4.69, 9.17) is 12.2 Å². The van der Waals surface area contributed by atoms with Gasteiger partial charge in [0.25, 0.3) is 5.91 Å². The first-order valence-electron chi connectivity index (χ1n) is 10.6. The smallest absolute Gasteiger partial charge is 0.257 e. The highest BCUT2D eigenvalue weighted by atomic mass is 32.2. The molecule has 1 aliphatic heterocycles. The van der Waals surface area contributed by atoms with Gasteiger partial charge in [-0.1, -0.05) is 38.8 Å². The van der Waals surface area contributed by atoms with Crippen molar-refractivity contribution in [2.75, 3.05) is 18.4 Å². The molecule has 0 spiro atoms. The van der Waals surface area contributed by atoms with Crippen LogP contribution < -0.4 is 10.6 Å². The Bertz CT molecular complexity index is 1010. The number of nitrogens with one attached hydrogen (secondary N) is 2. The van der Waals surface area contributed by atoms with Crippen LogP contribution in [0.25, 0.3) is 0 Å². The molecule has 166 valence electrons. The van der Waals surface area contributed by atoms with Crippen molar-refractivity contribution in [1.82, 2.24) is 9.62 Å². The van der Waals surface area contributed by atoms with Crippen LogP contribution in [-0.4, -0.2) is 36.8 Å². The normalized spacial score (nSPS) is 15.3. The summed E-state index contributed by atoms with van der Waals surface area (Å²) in [5.74, 6) is 0.0964. The molecule has 0 aromatic heterocycles. The molecule has 2 N–H and O–H groups in total. The minimum atomic E-state index is -3.49. The maximum absolute atomic E-state index is 12.9. The van der Waals surface area contributed by atoms with Crippen molar-refractivity contribution in [3.05, 3.63) is 59.7 Å². The Morgan fingerprint density at radius 2 is 1.52 bits per heavy atom. The molecule has 8 heteroatoms. The lowest BCUT2D eigenvalue weighted by Crippen LogP contribution is -2.34. The number of carbonyl (C=O) groups excluding carboxylic acids is 1. The minimum Gasteiger partial charge on any atom is -0.332 e. The molecule has 1 saturated heterocycles. The molecule has 1 amide bonds. The summed E-state index contributed by atoms with van der Waals surface area (Å²) in [6.07, 6.45) is 3.93. The second-order valence-electron chi connectivity index (χ2n) is 8.03. The molecule has 2 aromatic carbocycles. The van der Waals surface area contributed by atoms with E-state index in [2.05, 4.69) is 24.5 Å². The molecule has 6 nitrogen and oxygen atoms in total. The van der Waals surface area contributed by atoms with Crippen molar-refractivity contribution in [2.45, 2.75) is 50.3 Å². The zero-order valence-corrected chi connectivity index (χ0v) is 19.6. The molecule has 1 aliphatic rings. The van der Waals surface area contributed by atoms with Crippen molar-refractivity contribution in [1.29, 1.82) is 0 Å². The predicted octanol–water partition coefficient (Wildman–Crippen LogP) is 4.50. The first-order chi connectivity index (χ1) is 14.8. The average Bonchev–Trinajstić information content (AvgIpc) is 3.04. The number of hydrogen-bond acceptors (Lipinski definition) is 4. The highest BCUT2D eigenvalue weighted by Crippen LogP contribution is 2.22. The SMILES string of the molecule is CC(C)c1ccc(C(=O)NC(=S)Nc2ccc(S(=O)(=O)N3CCCCCC3)cc2)cc1. The Kier molecular flexibility index (Phi) is 7.80. The first kappa shape index (κ1) is 23.4. The van der Waals surface area contributed by atoms with E-state index >= 15 is 0 Å². The summed E-state index contributed by atoms with van der Waals surface area (Å²) >= 11 is 5.23. The number of amides is 1. The van der Waals surface area contributed by atoms with Crippen LogP contribution in [0.1, 0.15) is 61.4 Å². The van der Waals surface area contributed by atoms with Crippen LogP contribution in [0.3, 0.4) is 0 Å². The van der Waals surface area contributed by atoms with E-state index in [-0.39, 0.29) is 15.9 Å². The second-order valence-corrected chi connectivity index (χ2v) is 10.4. The van der Waals surface area contributed by atoms with Crippen LogP contribution >= 0.6 is 12.2 Å². The monoisotopic (exact) mass is 459 g/mol. The topological polar surface area (TPSA) is 78.5 Å². The summed E-state index contributed by atoms with van der Waals surface area (Å²) in [6.45, 7) is 5.32. The summed E-state index contributed by atoms with van der Waals surface area (Å²) in [6, 6.07) is 13.8. The van der Waals surface area contributed by atoms with Crippen LogP contribution in [-0.2, 0) is 10.0 Å². The molecule has 31 heavy (non-hydrogen) atoms. The number of hydrogen-bond donors (Lipinski definition) is 2. The Morgan fingerprint density at radius 3 is 2.06 bits per heavy atom. The highest BCUT2D eigenvalue weighted by molar-refractivity contribution is 7.89. The summed E-state index contributed by atoms with van der Waals surface area (Å²) < 4.78 is 27.3. The molecule has 1 heterocycles. The molecule has 0 aliphatic carbocycles. The van der Waals surface area contributed by atoms with E-state index < -0.39 is 10.0 Å². The molecule has 0 unspecified atom stereocenters. The van der Waals surface area contributed by atoms with Gasteiger partial charge in [-0.25, -0.2) is 8.42 Å². The van der Waals surface area contributed by atoms with Crippen molar-refractivity contribution in [2.24, 2.45) is 0 Å². The lowest BCUT2D eigenvalue weighted by molar-refractivity contribution is 0.0977. The van der Waals surface area contributed by atoms with Crippen LogP contribution in [0.4, 0.5) is 5.69 Å². The van der Waals surface area contributed by atoms with Crippen molar-refractivity contribution >= 4 is 38.9 Å². The van der Waals surface area contributed by atoms with Crippen molar-refractivity contribution < 1.29 is 13.2 Å². The zero-order chi connectivity index (χ0) is 22.4. The Balaban J connectivity index is 1.60. The van der Waals surface area contributed by atoms with E-state index in [9.17, 15) is 13.2 Å². The number of nitrogens with zero attached hydrogens (tertiary/aromatic N) is 1. The van der Waals surface area contributed by atoms with Gasteiger partial charge in [0.2, 0.25) is 10.0 Å². The van der Waals surface area contributed by atoms with Crippen LogP contribution in [0.15, 0.2) is 53.4 Å². The zero-order valence-electron chi connectivity index (χ0n) is 17.9. The number of benzene rings is 2. The van der Waals surface area contributed by atoms with Gasteiger partial charge in [0.1, 0.15) is 0 Å². The van der Waals surface area contributed by atoms with Gasteiger partial charge in [-0.2, -0.15) is 4.31 Å². The van der Waals surface area contributed by atoms with E-state index in [0.717, 1.165) is 31.2 Å². The highest BCUT2D eigenvalue weighted by Gasteiger charge is 2.25. The molecule has 1 fully saturated rings. The molecular weight excluding hydrogens is 430 g/mol. The van der Waals surface area contributed by atoms with Gasteiger partial charge in [-0.05, 0) is 72.9 Å². The van der Waals surface area contributed by atoms with Gasteiger partial charge in [-0.3, -0.25) is 10.1 Å². The molecule has 3 rings (SSSR count). The molecular formula is C23H29N3O3S2. The van der Waals surface area contributed by atoms with Gasteiger partial charge in [-0.15, -0.1) is 0 Å². The third-order valence-electron chi connectivity index (χ3n) is 5.38. The van der Waals surface area contributed by atoms with E-state index in [1.807, 2.05) is 12.1 Å². The molecule has 0 bridgehead atoms. The maximum atomic E-state index is 12.9. The van der Waals surface area contributed by atoms with E-state index in [0.29, 0.717) is 30.3 Å². The second kappa shape index (κ2) is 10.3. The van der Waals surface area contributed by atoms with Crippen LogP contribution in [0.2, 0.25) is 0 Å². The Hall–Kier alpha value is -2.29. The van der Waals surface area contributed by atoms with Crippen molar-refractivity contribution in [3.8, 4) is 0 Å². The summed E-state index contributed by atoms with van der Waals surface area (Å²) in [5.41, 5.74) is 2.29. The van der Waals surface area contributed by atoms with Gasteiger partial charge in [0, 0.05) is 24.3 Å². The fourth-order valence-electron chi connectivity index (χ4n) is 3.50. The van der Waals surface area contributed by atoms with Gasteiger partial charge < -0.3 is 5.32 Å². The number of anilines is 1. The van der Waals surface area contributed by atoms with Crippen LogP contribution in [0, 0.1) is 0 Å². The number of rotatable bonds is 5. The summed E-state index contributed by atoms with van der Waals surface area (Å²) in [5, 5.41) is 5.74. The first-order valence-corrected chi connectivity index (χ1v) is 12.4. The number of sulfonamides is 1. The number of thiocarbonyl (C=S) groups is 1. The predicted molar refractivity (Wildman–Crippen MR) is 128 cm³/mol.